The number of hydrogen-bond donors (Lipinski definition) is 0. The number of benzene rings is 1. The molecule has 1 aromatic carbocycles. The fraction of sp³-hybridized carbons (Fsp3) is 0.450. The molecule has 6 nitrogen and oxygen atoms in total. The van der Waals surface area contributed by atoms with Gasteiger partial charge in [0.05, 0.1) is 10.2 Å². The Bertz CT molecular complexity index is 882. The summed E-state index contributed by atoms with van der Waals surface area (Å²) < 4.78 is 6.74. The van der Waals surface area contributed by atoms with E-state index in [1.807, 2.05) is 0 Å². The van der Waals surface area contributed by atoms with Gasteiger partial charge < -0.3 is 14.5 Å². The van der Waals surface area contributed by atoms with Crippen LogP contribution in [0.25, 0.3) is 10.2 Å². The zero-order valence-electron chi connectivity index (χ0n) is 15.3. The molecule has 2 saturated heterocycles. The van der Waals surface area contributed by atoms with E-state index in [-0.39, 0.29) is 0 Å². The minimum absolute atomic E-state index is 0.504. The van der Waals surface area contributed by atoms with Gasteiger partial charge >= 0.3 is 0 Å². The molecule has 0 radical (unpaired) electrons. The fourth-order valence-corrected chi connectivity index (χ4v) is 4.89. The zero-order valence-corrected chi connectivity index (χ0v) is 16.1. The van der Waals surface area contributed by atoms with Crippen molar-refractivity contribution >= 4 is 32.5 Å². The van der Waals surface area contributed by atoms with Crippen LogP contribution in [0.2, 0.25) is 0 Å². The van der Waals surface area contributed by atoms with Crippen molar-refractivity contribution in [3.8, 4) is 0 Å². The summed E-state index contributed by atoms with van der Waals surface area (Å²) in [7, 11) is 0. The molecule has 0 saturated carbocycles. The predicted molar refractivity (Wildman–Crippen MR) is 109 cm³/mol. The lowest BCUT2D eigenvalue weighted by Gasteiger charge is -2.35. The van der Waals surface area contributed by atoms with Crippen LogP contribution in [-0.2, 0) is 4.74 Å². The summed E-state index contributed by atoms with van der Waals surface area (Å²) in [5, 5.41) is 1.13. The molecule has 3 aromatic rings. The first-order valence-corrected chi connectivity index (χ1v) is 10.4. The SMILES string of the molecule is c1ccc2sc(N3CCN(c4cc(C5CCOCC5)ncn4)CC3)nc2c1. The molecular formula is C20H23N5OS. The number of para-hydroxylation sites is 1. The van der Waals surface area contributed by atoms with Gasteiger partial charge in [0.15, 0.2) is 5.13 Å². The molecule has 0 atom stereocenters. The van der Waals surface area contributed by atoms with E-state index in [4.69, 9.17) is 9.72 Å². The van der Waals surface area contributed by atoms with Gasteiger partial charge in [-0.25, -0.2) is 15.0 Å². The molecule has 4 heterocycles. The van der Waals surface area contributed by atoms with Crippen LogP contribution in [0.15, 0.2) is 36.7 Å². The average molecular weight is 382 g/mol. The molecule has 140 valence electrons. The first-order chi connectivity index (χ1) is 13.4. The van der Waals surface area contributed by atoms with Crippen molar-refractivity contribution < 1.29 is 4.74 Å². The largest absolute Gasteiger partial charge is 0.381 e. The van der Waals surface area contributed by atoms with Crippen LogP contribution < -0.4 is 9.80 Å². The number of nitrogens with zero attached hydrogens (tertiary/aromatic N) is 5. The molecule has 2 aromatic heterocycles. The van der Waals surface area contributed by atoms with Gasteiger partial charge in [0, 0.05) is 57.1 Å². The molecule has 2 fully saturated rings. The molecule has 2 aliphatic rings. The highest BCUT2D eigenvalue weighted by Gasteiger charge is 2.23. The lowest BCUT2D eigenvalue weighted by Crippen LogP contribution is -2.46. The van der Waals surface area contributed by atoms with E-state index in [2.05, 4.69) is 50.1 Å². The van der Waals surface area contributed by atoms with Gasteiger partial charge in [0.25, 0.3) is 0 Å². The predicted octanol–water partition coefficient (Wildman–Crippen LogP) is 3.31. The summed E-state index contributed by atoms with van der Waals surface area (Å²) in [4.78, 5) is 18.6. The highest BCUT2D eigenvalue weighted by atomic mass is 32.1. The van der Waals surface area contributed by atoms with Gasteiger partial charge in [-0.1, -0.05) is 23.5 Å². The Morgan fingerprint density at radius 3 is 2.56 bits per heavy atom. The highest BCUT2D eigenvalue weighted by Crippen LogP contribution is 2.30. The molecular weight excluding hydrogens is 358 g/mol. The minimum atomic E-state index is 0.504. The number of rotatable bonds is 3. The van der Waals surface area contributed by atoms with Crippen molar-refractivity contribution in [1.82, 2.24) is 15.0 Å². The monoisotopic (exact) mass is 381 g/mol. The van der Waals surface area contributed by atoms with E-state index in [0.29, 0.717) is 5.92 Å². The Morgan fingerprint density at radius 1 is 0.963 bits per heavy atom. The molecule has 5 rings (SSSR count). The van der Waals surface area contributed by atoms with E-state index in [0.717, 1.165) is 74.4 Å². The number of thiazole rings is 1. The molecule has 27 heavy (non-hydrogen) atoms. The van der Waals surface area contributed by atoms with E-state index in [1.165, 1.54) is 4.70 Å². The second-order valence-electron chi connectivity index (χ2n) is 7.13. The van der Waals surface area contributed by atoms with Crippen LogP contribution in [0.5, 0.6) is 0 Å². The molecule has 0 amide bonds. The standard InChI is InChI=1S/C20H23N5OS/c1-2-4-18-16(3-1)23-20(27-18)25-9-7-24(8-10-25)19-13-17(21-14-22-19)15-5-11-26-12-6-15/h1-4,13-15H,5-12H2. The van der Waals surface area contributed by atoms with Gasteiger partial charge in [-0.3, -0.25) is 0 Å². The lowest BCUT2D eigenvalue weighted by molar-refractivity contribution is 0.0845. The first kappa shape index (κ1) is 16.9. The van der Waals surface area contributed by atoms with E-state index in [1.54, 1.807) is 17.7 Å². The van der Waals surface area contributed by atoms with Crippen molar-refractivity contribution in [3.05, 3.63) is 42.4 Å². The van der Waals surface area contributed by atoms with Crippen molar-refractivity contribution in [2.75, 3.05) is 49.2 Å². The van der Waals surface area contributed by atoms with Crippen LogP contribution in [0, 0.1) is 0 Å². The summed E-state index contributed by atoms with van der Waals surface area (Å²) in [6.45, 7) is 5.53. The van der Waals surface area contributed by atoms with Gasteiger partial charge in [-0.2, -0.15) is 0 Å². The summed E-state index contributed by atoms with van der Waals surface area (Å²) in [5.74, 6) is 1.56. The molecule has 2 aliphatic heterocycles. The topological polar surface area (TPSA) is 54.4 Å². The maximum Gasteiger partial charge on any atom is 0.186 e. The highest BCUT2D eigenvalue weighted by molar-refractivity contribution is 7.22. The van der Waals surface area contributed by atoms with Crippen LogP contribution >= 0.6 is 11.3 Å². The molecule has 0 spiro atoms. The second-order valence-corrected chi connectivity index (χ2v) is 8.14. The van der Waals surface area contributed by atoms with E-state index in [9.17, 15) is 0 Å². The number of piperazine rings is 1. The summed E-state index contributed by atoms with van der Waals surface area (Å²) in [6, 6.07) is 10.5. The third kappa shape index (κ3) is 3.49. The van der Waals surface area contributed by atoms with Crippen LogP contribution in [-0.4, -0.2) is 54.3 Å². The Morgan fingerprint density at radius 2 is 1.74 bits per heavy atom. The normalized spacial score (nSPS) is 19.0. The summed E-state index contributed by atoms with van der Waals surface area (Å²) in [6.07, 6.45) is 3.84. The Hall–Kier alpha value is -2.25. The average Bonchev–Trinajstić information content (AvgIpc) is 3.19. The van der Waals surface area contributed by atoms with Gasteiger partial charge in [-0.05, 0) is 25.0 Å². The smallest absolute Gasteiger partial charge is 0.186 e. The number of anilines is 2. The Kier molecular flexibility index (Phi) is 4.63. The third-order valence-electron chi connectivity index (χ3n) is 5.47. The third-order valence-corrected chi connectivity index (χ3v) is 6.57. The van der Waals surface area contributed by atoms with E-state index < -0.39 is 0 Å². The molecule has 0 unspecified atom stereocenters. The number of ether oxygens (including phenoxy) is 1. The number of fused-ring (bicyclic) bond motifs is 1. The molecule has 0 N–H and O–H groups in total. The van der Waals surface area contributed by atoms with Gasteiger partial charge in [0.1, 0.15) is 12.1 Å². The zero-order chi connectivity index (χ0) is 18.1. The van der Waals surface area contributed by atoms with Crippen molar-refractivity contribution in [2.24, 2.45) is 0 Å². The Balaban J connectivity index is 1.27. The first-order valence-electron chi connectivity index (χ1n) is 9.62. The summed E-state index contributed by atoms with van der Waals surface area (Å²) >= 11 is 1.78. The molecule has 0 bridgehead atoms. The second kappa shape index (κ2) is 7.40. The van der Waals surface area contributed by atoms with Crippen molar-refractivity contribution in [1.29, 1.82) is 0 Å². The Labute approximate surface area is 162 Å². The van der Waals surface area contributed by atoms with Gasteiger partial charge in [0.2, 0.25) is 0 Å². The van der Waals surface area contributed by atoms with E-state index >= 15 is 0 Å². The minimum Gasteiger partial charge on any atom is -0.381 e. The van der Waals surface area contributed by atoms with Crippen LogP contribution in [0.3, 0.4) is 0 Å². The number of aromatic nitrogens is 3. The molecule has 0 aliphatic carbocycles. The maximum absolute atomic E-state index is 5.48. The van der Waals surface area contributed by atoms with Gasteiger partial charge in [-0.15, -0.1) is 0 Å². The number of hydrogen-bond acceptors (Lipinski definition) is 7. The lowest BCUT2D eigenvalue weighted by atomic mass is 9.96. The fourth-order valence-electron chi connectivity index (χ4n) is 3.87. The van der Waals surface area contributed by atoms with Crippen molar-refractivity contribution in [3.63, 3.8) is 0 Å². The quantitative estimate of drug-likeness (QED) is 0.694. The van der Waals surface area contributed by atoms with Crippen LogP contribution in [0.1, 0.15) is 24.5 Å². The maximum atomic E-state index is 5.48. The van der Waals surface area contributed by atoms with Crippen molar-refractivity contribution in [2.45, 2.75) is 18.8 Å². The van der Waals surface area contributed by atoms with Crippen LogP contribution in [0.4, 0.5) is 10.9 Å². The summed E-state index contributed by atoms with van der Waals surface area (Å²) in [5.41, 5.74) is 2.26. The molecule has 7 heteroatoms.